The van der Waals surface area contributed by atoms with Gasteiger partial charge in [-0.2, -0.15) is 0 Å². The summed E-state index contributed by atoms with van der Waals surface area (Å²) in [6.45, 7) is 3.86. The molecule has 0 saturated carbocycles. The Kier molecular flexibility index (Phi) is 7.79. The summed E-state index contributed by atoms with van der Waals surface area (Å²) >= 11 is 0. The van der Waals surface area contributed by atoms with Gasteiger partial charge in [-0.25, -0.2) is 0 Å². The predicted molar refractivity (Wildman–Crippen MR) is 138 cm³/mol. The first kappa shape index (κ1) is 25.1. The zero-order chi connectivity index (χ0) is 24.2. The molecule has 0 aliphatic carbocycles. The summed E-state index contributed by atoms with van der Waals surface area (Å²) in [6, 6.07) is 30.7. The Hall–Kier alpha value is -3.99. The van der Waals surface area contributed by atoms with Crippen molar-refractivity contribution in [2.24, 2.45) is 0 Å². The molecule has 0 aliphatic rings. The third-order valence-corrected chi connectivity index (χ3v) is 5.40. The number of nitrogens with zero attached hydrogens (tertiary/aromatic N) is 3. The monoisotopic (exact) mass is 648 g/mol. The minimum Gasteiger partial charge on any atom is -0.500 e. The molecule has 0 bridgehead atoms. The SMILES string of the molecule is Cc1[c-]c(-c2cccc(C)n2)c2oc3ccccc3c(=O)c2c1.[Ir].[c-]1ccccc1-c1ncccn1. The average Bonchev–Trinajstić information content (AvgIpc) is 2.90. The molecule has 1 radical (unpaired) electrons. The van der Waals surface area contributed by atoms with E-state index in [-0.39, 0.29) is 25.5 Å². The molecule has 0 spiro atoms. The van der Waals surface area contributed by atoms with Crippen molar-refractivity contribution in [1.29, 1.82) is 0 Å². The fourth-order valence-electron chi connectivity index (χ4n) is 3.81. The smallest absolute Gasteiger partial charge is 0.182 e. The molecule has 5 nitrogen and oxygen atoms in total. The minimum absolute atomic E-state index is 0. The van der Waals surface area contributed by atoms with Gasteiger partial charge in [0.2, 0.25) is 0 Å². The topological polar surface area (TPSA) is 68.9 Å². The fraction of sp³-hybridized carbons (Fsp3) is 0.0667. The Morgan fingerprint density at radius 1 is 0.833 bits per heavy atom. The molecule has 6 aromatic rings. The van der Waals surface area contributed by atoms with Crippen LogP contribution in [0.15, 0.2) is 100 Å². The number of aryl methyl sites for hydroxylation is 2. The zero-order valence-electron chi connectivity index (χ0n) is 19.7. The van der Waals surface area contributed by atoms with Crippen molar-refractivity contribution < 1.29 is 24.5 Å². The van der Waals surface area contributed by atoms with Crippen molar-refractivity contribution >= 4 is 21.9 Å². The summed E-state index contributed by atoms with van der Waals surface area (Å²) < 4.78 is 6.04. The molecule has 6 heteroatoms. The van der Waals surface area contributed by atoms with E-state index in [1.165, 1.54) is 0 Å². The van der Waals surface area contributed by atoms with E-state index in [4.69, 9.17) is 4.42 Å². The van der Waals surface area contributed by atoms with Crippen LogP contribution in [0.25, 0.3) is 44.6 Å². The van der Waals surface area contributed by atoms with E-state index in [1.807, 2.05) is 80.6 Å². The third-order valence-electron chi connectivity index (χ3n) is 5.40. The molecule has 3 aromatic heterocycles. The van der Waals surface area contributed by atoms with Crippen molar-refractivity contribution in [2.45, 2.75) is 13.8 Å². The first-order chi connectivity index (χ1) is 17.1. The van der Waals surface area contributed by atoms with Crippen molar-refractivity contribution in [3.63, 3.8) is 0 Å². The van der Waals surface area contributed by atoms with Crippen LogP contribution in [0.1, 0.15) is 11.3 Å². The van der Waals surface area contributed by atoms with Gasteiger partial charge in [0, 0.05) is 38.2 Å². The van der Waals surface area contributed by atoms with Gasteiger partial charge in [0.1, 0.15) is 5.58 Å². The number of rotatable bonds is 2. The molecule has 0 amide bonds. The first-order valence-corrected chi connectivity index (χ1v) is 11.2. The molecule has 6 rings (SSSR count). The molecule has 0 unspecified atom stereocenters. The summed E-state index contributed by atoms with van der Waals surface area (Å²) in [5, 5.41) is 1.16. The van der Waals surface area contributed by atoms with E-state index < -0.39 is 0 Å². The van der Waals surface area contributed by atoms with Gasteiger partial charge in [0.25, 0.3) is 0 Å². The summed E-state index contributed by atoms with van der Waals surface area (Å²) in [5.41, 5.74) is 5.32. The number of hydrogen-bond acceptors (Lipinski definition) is 5. The van der Waals surface area contributed by atoms with E-state index in [0.29, 0.717) is 21.9 Å². The van der Waals surface area contributed by atoms with Crippen molar-refractivity contribution in [2.75, 3.05) is 0 Å². The van der Waals surface area contributed by atoms with Gasteiger partial charge >= 0.3 is 0 Å². The van der Waals surface area contributed by atoms with Crippen LogP contribution in [0.5, 0.6) is 0 Å². The number of fused-ring (bicyclic) bond motifs is 2. The Balaban J connectivity index is 0.000000198. The van der Waals surface area contributed by atoms with Crippen LogP contribution < -0.4 is 5.43 Å². The van der Waals surface area contributed by atoms with Gasteiger partial charge in [-0.1, -0.05) is 36.8 Å². The molecule has 0 saturated heterocycles. The summed E-state index contributed by atoms with van der Waals surface area (Å²) in [7, 11) is 0. The van der Waals surface area contributed by atoms with Crippen LogP contribution in [0.2, 0.25) is 0 Å². The van der Waals surface area contributed by atoms with Crippen LogP contribution in [0, 0.1) is 26.0 Å². The van der Waals surface area contributed by atoms with Crippen LogP contribution >= 0.6 is 0 Å². The number of pyridine rings is 1. The molecule has 0 N–H and O–H groups in total. The molecule has 3 aromatic carbocycles. The van der Waals surface area contributed by atoms with Gasteiger partial charge in [-0.05, 0) is 42.3 Å². The molecule has 0 fully saturated rings. The second-order valence-electron chi connectivity index (χ2n) is 8.01. The average molecular weight is 648 g/mol. The fourth-order valence-corrected chi connectivity index (χ4v) is 3.81. The van der Waals surface area contributed by atoms with Gasteiger partial charge < -0.3 is 9.40 Å². The number of para-hydroxylation sites is 1. The second-order valence-corrected chi connectivity index (χ2v) is 8.01. The second kappa shape index (κ2) is 11.2. The van der Waals surface area contributed by atoms with E-state index in [9.17, 15) is 4.79 Å². The molecule has 36 heavy (non-hydrogen) atoms. The maximum absolute atomic E-state index is 12.8. The quantitative estimate of drug-likeness (QED) is 0.162. The largest absolute Gasteiger partial charge is 0.500 e. The molecule has 0 aliphatic heterocycles. The Morgan fingerprint density at radius 2 is 1.61 bits per heavy atom. The molecule has 179 valence electrons. The van der Waals surface area contributed by atoms with E-state index in [0.717, 1.165) is 33.9 Å². The van der Waals surface area contributed by atoms with Gasteiger partial charge in [0.15, 0.2) is 5.43 Å². The number of aromatic nitrogens is 3. The summed E-state index contributed by atoms with van der Waals surface area (Å²) in [5.74, 6) is 0.720. The van der Waals surface area contributed by atoms with Crippen molar-refractivity contribution in [1.82, 2.24) is 15.0 Å². The van der Waals surface area contributed by atoms with Crippen LogP contribution in [-0.2, 0) is 20.1 Å². The third kappa shape index (κ3) is 5.30. The minimum atomic E-state index is -0.0205. The van der Waals surface area contributed by atoms with E-state index >= 15 is 0 Å². The Morgan fingerprint density at radius 3 is 2.36 bits per heavy atom. The number of benzene rings is 3. The van der Waals surface area contributed by atoms with Gasteiger partial charge in [-0.3, -0.25) is 14.8 Å². The molecule has 0 atom stereocenters. The van der Waals surface area contributed by atoms with Crippen molar-refractivity contribution in [3.05, 3.63) is 125 Å². The standard InChI is InChI=1S/C20H14NO2.C10H7N2.Ir/c1-12-10-15(17-8-5-6-13(2)21-17)20-16(11-12)19(22)14-7-3-4-9-18(14)23-20;1-2-5-9(6-3-1)10-11-7-4-8-12-10;/h3-9,11H,1-2H3;1-5,7-8H;/q2*-1;. The van der Waals surface area contributed by atoms with E-state index in [1.54, 1.807) is 24.5 Å². The van der Waals surface area contributed by atoms with Crippen LogP contribution in [0.4, 0.5) is 0 Å². The molecular formula is C30H21IrN3O2-2. The molecule has 3 heterocycles. The Labute approximate surface area is 222 Å². The first-order valence-electron chi connectivity index (χ1n) is 11.2. The normalized spacial score (nSPS) is 10.4. The van der Waals surface area contributed by atoms with Gasteiger partial charge in [0.05, 0.1) is 16.8 Å². The molecular weight excluding hydrogens is 627 g/mol. The van der Waals surface area contributed by atoms with Crippen LogP contribution in [-0.4, -0.2) is 15.0 Å². The number of hydrogen-bond donors (Lipinski definition) is 0. The summed E-state index contributed by atoms with van der Waals surface area (Å²) in [4.78, 5) is 25.6. The Bertz CT molecular complexity index is 1650. The maximum Gasteiger partial charge on any atom is 0.182 e. The predicted octanol–water partition coefficient (Wildman–Crippen LogP) is 6.37. The van der Waals surface area contributed by atoms with Crippen LogP contribution in [0.3, 0.4) is 0 Å². The zero-order valence-corrected chi connectivity index (χ0v) is 22.0. The van der Waals surface area contributed by atoms with E-state index in [2.05, 4.69) is 27.1 Å². The summed E-state index contributed by atoms with van der Waals surface area (Å²) in [6.07, 6.45) is 3.45. The van der Waals surface area contributed by atoms with Crippen molar-refractivity contribution in [3.8, 4) is 22.6 Å². The van der Waals surface area contributed by atoms with Gasteiger partial charge in [-0.15, -0.1) is 53.6 Å². The maximum atomic E-state index is 12.8.